The molecule has 1 aliphatic carbocycles. The van der Waals surface area contributed by atoms with Crippen LogP contribution in [-0.4, -0.2) is 19.4 Å². The smallest absolute Gasteiger partial charge is 0.326 e. The molecule has 1 aromatic rings. The van der Waals surface area contributed by atoms with Gasteiger partial charge in [-0.25, -0.2) is 0 Å². The van der Waals surface area contributed by atoms with Crippen molar-refractivity contribution < 1.29 is 14.3 Å². The molecule has 1 aromatic carbocycles. The van der Waals surface area contributed by atoms with E-state index in [1.807, 2.05) is 30.3 Å². The van der Waals surface area contributed by atoms with Crippen LogP contribution in [-0.2, 0) is 14.3 Å². The van der Waals surface area contributed by atoms with Crippen LogP contribution in [0.25, 0.3) is 0 Å². The van der Waals surface area contributed by atoms with Crippen LogP contribution < -0.4 is 0 Å². The highest BCUT2D eigenvalue weighted by molar-refractivity contribution is 5.83. The van der Waals surface area contributed by atoms with Crippen molar-refractivity contribution in [3.05, 3.63) is 48.6 Å². The monoisotopic (exact) mass is 297 g/mol. The molecule has 0 radical (unpaired) electrons. The summed E-state index contributed by atoms with van der Waals surface area (Å²) in [5, 5.41) is 9.75. The van der Waals surface area contributed by atoms with Gasteiger partial charge in [0.15, 0.2) is 5.41 Å². The van der Waals surface area contributed by atoms with Gasteiger partial charge in [-0.1, -0.05) is 36.4 Å². The number of nitrogens with zero attached hydrogens (tertiary/aromatic N) is 1. The Morgan fingerprint density at radius 2 is 2.14 bits per heavy atom. The molecule has 4 atom stereocenters. The summed E-state index contributed by atoms with van der Waals surface area (Å²) < 4.78 is 4.89. The molecule has 2 rings (SSSR count). The molecule has 0 spiro atoms. The maximum Gasteiger partial charge on any atom is 0.326 e. The molecular weight excluding hydrogens is 278 g/mol. The number of allylic oxidation sites excluding steroid dienone is 1. The van der Waals surface area contributed by atoms with E-state index in [0.717, 1.165) is 11.8 Å². The van der Waals surface area contributed by atoms with Crippen LogP contribution in [0, 0.1) is 28.6 Å². The van der Waals surface area contributed by atoms with Crippen molar-refractivity contribution in [1.29, 1.82) is 5.26 Å². The topological polar surface area (TPSA) is 67.2 Å². The number of methoxy groups -OCH3 is 1. The molecule has 1 aliphatic rings. The number of rotatable bonds is 4. The number of esters is 1. The quantitative estimate of drug-likeness (QED) is 0.487. The lowest BCUT2D eigenvalue weighted by Crippen LogP contribution is -2.46. The molecule has 4 heteroatoms. The molecule has 114 valence electrons. The van der Waals surface area contributed by atoms with E-state index in [2.05, 4.69) is 12.6 Å². The number of ether oxygens (including phenoxy) is 1. The maximum absolute atomic E-state index is 12.4. The predicted octanol–water partition coefficient (Wildman–Crippen LogP) is 2.86. The van der Waals surface area contributed by atoms with Gasteiger partial charge in [0.2, 0.25) is 0 Å². The minimum Gasteiger partial charge on any atom is -0.468 e. The fraction of sp³-hybridized carbons (Fsp3) is 0.389. The molecule has 1 fully saturated rings. The first kappa shape index (κ1) is 16.0. The number of benzene rings is 1. The lowest BCUT2D eigenvalue weighted by molar-refractivity contribution is -0.154. The standard InChI is InChI=1S/C18H19NO3/c1-3-13-9-10-18(12-19,17(21)22-2)16(15(13)11-20)14-7-5-4-6-8-14/h3-8,11,13,15-16H,1,9-10H2,2H3/t13-,15-,16+,18-/m0/s1. The second kappa shape index (κ2) is 6.57. The van der Waals surface area contributed by atoms with Gasteiger partial charge in [-0.05, 0) is 24.3 Å². The number of carbonyl (C=O) groups excluding carboxylic acids is 2. The molecule has 0 heterocycles. The zero-order chi connectivity index (χ0) is 16.2. The Morgan fingerprint density at radius 3 is 2.64 bits per heavy atom. The maximum atomic E-state index is 12.4. The Morgan fingerprint density at radius 1 is 1.45 bits per heavy atom. The zero-order valence-electron chi connectivity index (χ0n) is 12.6. The minimum atomic E-state index is -1.33. The number of hydrogen-bond acceptors (Lipinski definition) is 4. The Hall–Kier alpha value is -2.41. The fourth-order valence-corrected chi connectivity index (χ4v) is 3.52. The van der Waals surface area contributed by atoms with E-state index in [1.54, 1.807) is 6.08 Å². The van der Waals surface area contributed by atoms with Crippen LogP contribution in [0.15, 0.2) is 43.0 Å². The van der Waals surface area contributed by atoms with Crippen molar-refractivity contribution in [2.45, 2.75) is 18.8 Å². The van der Waals surface area contributed by atoms with E-state index in [0.29, 0.717) is 12.8 Å². The summed E-state index contributed by atoms with van der Waals surface area (Å²) in [6, 6.07) is 11.4. The Bertz CT molecular complexity index is 605. The number of nitriles is 1. The van der Waals surface area contributed by atoms with Crippen LogP contribution in [0.3, 0.4) is 0 Å². The van der Waals surface area contributed by atoms with Crippen molar-refractivity contribution in [2.24, 2.45) is 17.3 Å². The first-order valence-corrected chi connectivity index (χ1v) is 7.27. The van der Waals surface area contributed by atoms with Gasteiger partial charge in [0.25, 0.3) is 0 Å². The van der Waals surface area contributed by atoms with Gasteiger partial charge in [0.1, 0.15) is 6.29 Å². The third kappa shape index (κ3) is 2.43. The number of hydrogen-bond donors (Lipinski definition) is 0. The Balaban J connectivity index is 2.62. The van der Waals surface area contributed by atoms with Crippen LogP contribution >= 0.6 is 0 Å². The summed E-state index contributed by atoms with van der Waals surface area (Å²) >= 11 is 0. The highest BCUT2D eigenvalue weighted by atomic mass is 16.5. The fourth-order valence-electron chi connectivity index (χ4n) is 3.52. The summed E-state index contributed by atoms with van der Waals surface area (Å²) in [6.07, 6.45) is 3.52. The molecule has 1 saturated carbocycles. The van der Waals surface area contributed by atoms with Gasteiger partial charge in [0, 0.05) is 11.8 Å². The molecule has 0 aromatic heterocycles. The van der Waals surface area contributed by atoms with Crippen molar-refractivity contribution in [2.75, 3.05) is 7.11 Å². The van der Waals surface area contributed by atoms with Crippen LogP contribution in [0.1, 0.15) is 24.3 Å². The summed E-state index contributed by atoms with van der Waals surface area (Å²) in [4.78, 5) is 24.1. The van der Waals surface area contributed by atoms with E-state index in [1.165, 1.54) is 7.11 Å². The second-order valence-corrected chi connectivity index (χ2v) is 5.61. The van der Waals surface area contributed by atoms with Gasteiger partial charge in [-0.2, -0.15) is 5.26 Å². The molecule has 0 bridgehead atoms. The normalized spacial score (nSPS) is 30.8. The third-order valence-electron chi connectivity index (χ3n) is 4.65. The van der Waals surface area contributed by atoms with Crippen LogP contribution in [0.2, 0.25) is 0 Å². The summed E-state index contributed by atoms with van der Waals surface area (Å²) in [5.41, 5.74) is -0.528. The molecule has 0 unspecified atom stereocenters. The predicted molar refractivity (Wildman–Crippen MR) is 81.7 cm³/mol. The van der Waals surface area contributed by atoms with Crippen LogP contribution in [0.5, 0.6) is 0 Å². The molecule has 4 nitrogen and oxygen atoms in total. The van der Waals surface area contributed by atoms with E-state index in [4.69, 9.17) is 4.74 Å². The van der Waals surface area contributed by atoms with E-state index >= 15 is 0 Å². The van der Waals surface area contributed by atoms with Crippen molar-refractivity contribution in [3.8, 4) is 6.07 Å². The summed E-state index contributed by atoms with van der Waals surface area (Å²) in [6.45, 7) is 3.79. The highest BCUT2D eigenvalue weighted by Crippen LogP contribution is 2.52. The van der Waals surface area contributed by atoms with Gasteiger partial charge >= 0.3 is 5.97 Å². The third-order valence-corrected chi connectivity index (χ3v) is 4.65. The molecular formula is C18H19NO3. The molecule has 0 amide bonds. The van der Waals surface area contributed by atoms with Gasteiger partial charge < -0.3 is 9.53 Å². The lowest BCUT2D eigenvalue weighted by atomic mass is 9.57. The van der Waals surface area contributed by atoms with Crippen LogP contribution in [0.4, 0.5) is 0 Å². The van der Waals surface area contributed by atoms with Gasteiger partial charge in [-0.3, -0.25) is 4.79 Å². The Labute approximate surface area is 130 Å². The largest absolute Gasteiger partial charge is 0.468 e. The van der Waals surface area contributed by atoms with Gasteiger partial charge in [0.05, 0.1) is 13.2 Å². The molecule has 0 N–H and O–H groups in total. The minimum absolute atomic E-state index is 0.0474. The summed E-state index contributed by atoms with van der Waals surface area (Å²) in [7, 11) is 1.28. The van der Waals surface area contributed by atoms with Gasteiger partial charge in [-0.15, -0.1) is 6.58 Å². The van der Waals surface area contributed by atoms with E-state index in [9.17, 15) is 14.9 Å². The van der Waals surface area contributed by atoms with Crippen molar-refractivity contribution in [3.63, 3.8) is 0 Å². The Kier molecular flexibility index (Phi) is 4.77. The average Bonchev–Trinajstić information content (AvgIpc) is 2.60. The zero-order valence-corrected chi connectivity index (χ0v) is 12.6. The average molecular weight is 297 g/mol. The SMILES string of the molecule is C=C[C@H]1CC[C@@](C#N)(C(=O)OC)[C@H](c2ccccc2)[C@H]1C=O. The van der Waals surface area contributed by atoms with Crippen molar-refractivity contribution >= 4 is 12.3 Å². The van der Waals surface area contributed by atoms with E-state index in [-0.39, 0.29) is 5.92 Å². The second-order valence-electron chi connectivity index (χ2n) is 5.61. The van der Waals surface area contributed by atoms with E-state index < -0.39 is 23.2 Å². The molecule has 0 aliphatic heterocycles. The lowest BCUT2D eigenvalue weighted by Gasteiger charge is -2.43. The first-order chi connectivity index (χ1) is 10.6. The number of carbonyl (C=O) groups is 2. The molecule has 22 heavy (non-hydrogen) atoms. The summed E-state index contributed by atoms with van der Waals surface area (Å²) in [5.74, 6) is -1.61. The first-order valence-electron chi connectivity index (χ1n) is 7.27. The number of aldehydes is 1. The highest BCUT2D eigenvalue weighted by Gasteiger charge is 2.55. The molecule has 0 saturated heterocycles. The van der Waals surface area contributed by atoms with Crippen molar-refractivity contribution in [1.82, 2.24) is 0 Å².